The van der Waals surface area contributed by atoms with E-state index in [1.165, 1.54) is 12.3 Å². The van der Waals surface area contributed by atoms with Crippen molar-refractivity contribution in [3.05, 3.63) is 34.6 Å². The summed E-state index contributed by atoms with van der Waals surface area (Å²) in [6.45, 7) is -0.373. The summed E-state index contributed by atoms with van der Waals surface area (Å²) in [4.78, 5) is 36.5. The van der Waals surface area contributed by atoms with Crippen LogP contribution in [0.4, 0.5) is 5.82 Å². The summed E-state index contributed by atoms with van der Waals surface area (Å²) in [6.07, 6.45) is 0.808. The van der Waals surface area contributed by atoms with Gasteiger partial charge in [-0.05, 0) is 6.08 Å². The SMILES string of the molecule is Nc1ccn(OC[C@H](O)C=CP(=O)(O)O)c(=O)n1. The molecule has 1 rings (SSSR count). The molecule has 0 saturated carbocycles. The van der Waals surface area contributed by atoms with Crippen LogP contribution in [-0.4, -0.2) is 37.3 Å². The molecule has 0 amide bonds. The van der Waals surface area contributed by atoms with Gasteiger partial charge in [0, 0.05) is 11.9 Å². The minimum atomic E-state index is -4.32. The molecule has 0 aromatic carbocycles. The van der Waals surface area contributed by atoms with Crippen molar-refractivity contribution >= 4 is 13.4 Å². The maximum Gasteiger partial charge on any atom is 0.382 e. The predicted molar refractivity (Wildman–Crippen MR) is 61.5 cm³/mol. The van der Waals surface area contributed by atoms with Crippen LogP contribution >= 0.6 is 7.60 Å². The highest BCUT2D eigenvalue weighted by molar-refractivity contribution is 7.55. The lowest BCUT2D eigenvalue weighted by Gasteiger charge is -2.09. The van der Waals surface area contributed by atoms with Crippen LogP contribution in [0.5, 0.6) is 0 Å². The average molecular weight is 277 g/mol. The van der Waals surface area contributed by atoms with Crippen LogP contribution in [0.2, 0.25) is 0 Å². The Bertz CT molecular complexity index is 536. The van der Waals surface area contributed by atoms with E-state index < -0.39 is 19.4 Å². The molecule has 0 radical (unpaired) electrons. The van der Waals surface area contributed by atoms with E-state index in [2.05, 4.69) is 4.98 Å². The maximum atomic E-state index is 11.2. The first-order valence-corrected chi connectivity index (χ1v) is 6.37. The van der Waals surface area contributed by atoms with Crippen molar-refractivity contribution in [3.63, 3.8) is 0 Å². The first-order chi connectivity index (χ1) is 8.28. The van der Waals surface area contributed by atoms with E-state index in [9.17, 15) is 14.5 Å². The summed E-state index contributed by atoms with van der Waals surface area (Å²) in [5.74, 6) is 0.576. The molecule has 0 fully saturated rings. The summed E-state index contributed by atoms with van der Waals surface area (Å²) >= 11 is 0. The highest BCUT2D eigenvalue weighted by Gasteiger charge is 2.09. The zero-order valence-electron chi connectivity index (χ0n) is 9.08. The van der Waals surface area contributed by atoms with E-state index in [1.807, 2.05) is 0 Å². The van der Waals surface area contributed by atoms with Crippen LogP contribution in [0.1, 0.15) is 0 Å². The predicted octanol–water partition coefficient (Wildman–Crippen LogP) is -1.69. The van der Waals surface area contributed by atoms with Gasteiger partial charge in [-0.25, -0.2) is 4.79 Å². The Hall–Kier alpha value is -1.67. The van der Waals surface area contributed by atoms with Gasteiger partial charge in [0.2, 0.25) is 0 Å². The normalized spacial score (nSPS) is 13.7. The Morgan fingerprint density at radius 2 is 2.28 bits per heavy atom. The highest BCUT2D eigenvalue weighted by atomic mass is 31.2. The van der Waals surface area contributed by atoms with Gasteiger partial charge in [-0.15, -0.1) is 4.73 Å². The third-order valence-corrected chi connectivity index (χ3v) is 2.24. The van der Waals surface area contributed by atoms with Crippen LogP contribution in [0.25, 0.3) is 0 Å². The molecule has 1 heterocycles. The van der Waals surface area contributed by atoms with E-state index >= 15 is 0 Å². The first kappa shape index (κ1) is 14.4. The molecule has 0 aliphatic carbocycles. The second kappa shape index (κ2) is 5.78. The van der Waals surface area contributed by atoms with Crippen LogP contribution < -0.4 is 16.3 Å². The smallest absolute Gasteiger partial charge is 0.382 e. The lowest BCUT2D eigenvalue weighted by molar-refractivity contribution is 0.0399. The summed E-state index contributed by atoms with van der Waals surface area (Å²) < 4.78 is 11.2. The summed E-state index contributed by atoms with van der Waals surface area (Å²) in [5.41, 5.74) is 4.49. The Kier molecular flexibility index (Phi) is 4.62. The third kappa shape index (κ3) is 5.11. The van der Waals surface area contributed by atoms with Crippen molar-refractivity contribution < 1.29 is 24.3 Å². The summed E-state index contributed by atoms with van der Waals surface area (Å²) in [6, 6.07) is 1.32. The highest BCUT2D eigenvalue weighted by Crippen LogP contribution is 2.35. The van der Waals surface area contributed by atoms with Gasteiger partial charge in [0.05, 0.1) is 6.20 Å². The van der Waals surface area contributed by atoms with Crippen molar-refractivity contribution in [2.24, 2.45) is 0 Å². The molecule has 1 aromatic rings. The quantitative estimate of drug-likeness (QED) is 0.466. The molecule has 1 atom stereocenters. The molecule has 5 N–H and O–H groups in total. The minimum Gasteiger partial charge on any atom is -0.406 e. The molecule has 18 heavy (non-hydrogen) atoms. The van der Waals surface area contributed by atoms with Gasteiger partial charge >= 0.3 is 13.3 Å². The lowest BCUT2D eigenvalue weighted by atomic mass is 10.4. The molecular weight excluding hydrogens is 265 g/mol. The number of hydrogen-bond donors (Lipinski definition) is 4. The molecule has 0 aliphatic rings. The monoisotopic (exact) mass is 277 g/mol. The van der Waals surface area contributed by atoms with E-state index in [0.717, 1.165) is 10.8 Å². The molecule has 100 valence electrons. The second-order valence-electron chi connectivity index (χ2n) is 3.25. The van der Waals surface area contributed by atoms with Crippen LogP contribution in [0.3, 0.4) is 0 Å². The Morgan fingerprint density at radius 1 is 1.61 bits per heavy atom. The third-order valence-electron chi connectivity index (χ3n) is 1.68. The lowest BCUT2D eigenvalue weighted by Crippen LogP contribution is -2.32. The molecular formula is C8H12N3O6P. The number of nitrogens with two attached hydrogens (primary N) is 1. The van der Waals surface area contributed by atoms with Gasteiger partial charge in [0.1, 0.15) is 18.5 Å². The van der Waals surface area contributed by atoms with E-state index in [4.69, 9.17) is 20.4 Å². The fourth-order valence-electron chi connectivity index (χ4n) is 0.927. The van der Waals surface area contributed by atoms with Crippen molar-refractivity contribution in [3.8, 4) is 0 Å². The minimum absolute atomic E-state index is 0.0294. The fourth-order valence-corrected chi connectivity index (χ4v) is 1.35. The Balaban J connectivity index is 2.58. The molecule has 0 aliphatic heterocycles. The molecule has 0 bridgehead atoms. The van der Waals surface area contributed by atoms with Crippen LogP contribution in [-0.2, 0) is 4.57 Å². The molecule has 0 saturated heterocycles. The average Bonchev–Trinajstić information content (AvgIpc) is 2.24. The standard InChI is InChI=1S/C8H12N3O6P/c9-7-1-3-11(8(13)10-7)17-5-6(12)2-4-18(14,15)16/h1-4,6,12H,5H2,(H2,9,10,13)(H2,14,15,16)/t6-/m1/s1. The molecule has 1 aromatic heterocycles. The number of aromatic nitrogens is 2. The molecule has 9 nitrogen and oxygen atoms in total. The molecule has 0 unspecified atom stereocenters. The zero-order chi connectivity index (χ0) is 13.8. The number of anilines is 1. The topological polar surface area (TPSA) is 148 Å². The first-order valence-electron chi connectivity index (χ1n) is 4.69. The number of nitrogens with zero attached hydrogens (tertiary/aromatic N) is 2. The fraction of sp³-hybridized carbons (Fsp3) is 0.250. The van der Waals surface area contributed by atoms with Crippen LogP contribution in [0, 0.1) is 0 Å². The van der Waals surface area contributed by atoms with Crippen molar-refractivity contribution in [2.45, 2.75) is 6.10 Å². The van der Waals surface area contributed by atoms with Gasteiger partial charge < -0.3 is 25.5 Å². The summed E-state index contributed by atoms with van der Waals surface area (Å²) in [7, 11) is -4.32. The largest absolute Gasteiger partial charge is 0.406 e. The number of hydrogen-bond acceptors (Lipinski definition) is 6. The van der Waals surface area contributed by atoms with Gasteiger partial charge in [0.15, 0.2) is 0 Å². The van der Waals surface area contributed by atoms with Crippen molar-refractivity contribution in [1.29, 1.82) is 0 Å². The molecule has 10 heteroatoms. The van der Waals surface area contributed by atoms with Gasteiger partial charge in [-0.1, -0.05) is 0 Å². The van der Waals surface area contributed by atoms with Crippen molar-refractivity contribution in [1.82, 2.24) is 9.71 Å². The number of aliphatic hydroxyl groups is 1. The van der Waals surface area contributed by atoms with E-state index in [1.54, 1.807) is 0 Å². The van der Waals surface area contributed by atoms with Gasteiger partial charge in [-0.2, -0.15) is 4.98 Å². The number of aliphatic hydroxyl groups excluding tert-OH is 1. The van der Waals surface area contributed by atoms with E-state index in [-0.39, 0.29) is 12.4 Å². The number of nitrogen functional groups attached to an aromatic ring is 1. The van der Waals surface area contributed by atoms with Gasteiger partial charge in [-0.3, -0.25) is 4.57 Å². The van der Waals surface area contributed by atoms with Gasteiger partial charge in [0.25, 0.3) is 0 Å². The van der Waals surface area contributed by atoms with Crippen LogP contribution in [0.15, 0.2) is 29.0 Å². The molecule has 0 spiro atoms. The van der Waals surface area contributed by atoms with Crippen molar-refractivity contribution in [2.75, 3.05) is 12.3 Å². The second-order valence-corrected chi connectivity index (χ2v) is 4.73. The number of rotatable bonds is 5. The van der Waals surface area contributed by atoms with E-state index in [0.29, 0.717) is 5.82 Å². The maximum absolute atomic E-state index is 11.2. The Labute approximate surface area is 101 Å². The summed E-state index contributed by atoms with van der Waals surface area (Å²) in [5, 5.41) is 9.30. The Morgan fingerprint density at radius 3 is 2.83 bits per heavy atom. The zero-order valence-corrected chi connectivity index (χ0v) is 9.97.